The molecule has 2 rings (SSSR count). The molecular formula is C18H31N3O2. The first-order valence-electron chi connectivity index (χ1n) is 8.90. The van der Waals surface area contributed by atoms with E-state index >= 15 is 0 Å². The predicted octanol–water partition coefficient (Wildman–Crippen LogP) is 3.34. The Morgan fingerprint density at radius 2 is 2.00 bits per heavy atom. The van der Waals surface area contributed by atoms with Gasteiger partial charge in [0.2, 0.25) is 5.91 Å². The van der Waals surface area contributed by atoms with Crippen molar-refractivity contribution < 1.29 is 9.53 Å². The summed E-state index contributed by atoms with van der Waals surface area (Å²) in [6.07, 6.45) is 6.50. The topological polar surface area (TPSA) is 56.1 Å². The van der Waals surface area contributed by atoms with Gasteiger partial charge in [0.25, 0.3) is 0 Å². The highest BCUT2D eigenvalue weighted by Gasteiger charge is 2.26. The Morgan fingerprint density at radius 3 is 2.52 bits per heavy atom. The van der Waals surface area contributed by atoms with Crippen LogP contribution < -0.4 is 5.32 Å². The fraction of sp³-hybridized carbons (Fsp3) is 0.778. The number of nitrogens with zero attached hydrogens (tertiary/aromatic N) is 2. The number of hydrogen-bond acceptors (Lipinski definition) is 3. The van der Waals surface area contributed by atoms with Crippen LogP contribution in [0, 0.1) is 13.8 Å². The molecular weight excluding hydrogens is 290 g/mol. The van der Waals surface area contributed by atoms with Crippen LogP contribution in [0.25, 0.3) is 0 Å². The Labute approximate surface area is 139 Å². The molecule has 1 aromatic heterocycles. The van der Waals surface area contributed by atoms with Crippen LogP contribution in [0.5, 0.6) is 0 Å². The fourth-order valence-electron chi connectivity index (χ4n) is 3.57. The predicted molar refractivity (Wildman–Crippen MR) is 91.3 cm³/mol. The SMILES string of the molecule is CC[C@@H](OC1CCCCC1)C(=O)N[C@H](C)c1c(C)nn(C)c1C. The van der Waals surface area contributed by atoms with Crippen molar-refractivity contribution in [1.82, 2.24) is 15.1 Å². The molecule has 0 aliphatic heterocycles. The number of rotatable bonds is 6. The summed E-state index contributed by atoms with van der Waals surface area (Å²) in [7, 11) is 1.93. The molecule has 1 aliphatic carbocycles. The van der Waals surface area contributed by atoms with Gasteiger partial charge in [-0.2, -0.15) is 5.10 Å². The molecule has 1 amide bonds. The van der Waals surface area contributed by atoms with Gasteiger partial charge in [-0.05, 0) is 40.0 Å². The van der Waals surface area contributed by atoms with E-state index in [-0.39, 0.29) is 24.2 Å². The summed E-state index contributed by atoms with van der Waals surface area (Å²) in [6, 6.07) is -0.0554. The minimum Gasteiger partial charge on any atom is -0.365 e. The maximum absolute atomic E-state index is 12.6. The Morgan fingerprint density at radius 1 is 1.35 bits per heavy atom. The molecule has 0 spiro atoms. The van der Waals surface area contributed by atoms with Gasteiger partial charge >= 0.3 is 0 Å². The number of aryl methyl sites for hydroxylation is 2. The van der Waals surface area contributed by atoms with E-state index in [2.05, 4.69) is 10.4 Å². The van der Waals surface area contributed by atoms with Crippen molar-refractivity contribution in [2.24, 2.45) is 7.05 Å². The quantitative estimate of drug-likeness (QED) is 0.874. The van der Waals surface area contributed by atoms with Crippen LogP contribution in [0.1, 0.15) is 75.4 Å². The number of carbonyl (C=O) groups excluding carboxylic acids is 1. The molecule has 1 N–H and O–H groups in total. The summed E-state index contributed by atoms with van der Waals surface area (Å²) in [5, 5.41) is 7.55. The van der Waals surface area contributed by atoms with E-state index in [1.807, 2.05) is 39.4 Å². The van der Waals surface area contributed by atoms with Crippen LogP contribution in [0.4, 0.5) is 0 Å². The Balaban J connectivity index is 1.97. The smallest absolute Gasteiger partial charge is 0.249 e. The van der Waals surface area contributed by atoms with Crippen molar-refractivity contribution in [1.29, 1.82) is 0 Å². The van der Waals surface area contributed by atoms with Gasteiger partial charge in [0, 0.05) is 18.3 Å². The average Bonchev–Trinajstić information content (AvgIpc) is 2.78. The van der Waals surface area contributed by atoms with Gasteiger partial charge in [0.05, 0.1) is 17.8 Å². The van der Waals surface area contributed by atoms with E-state index in [4.69, 9.17) is 4.74 Å². The molecule has 1 aromatic rings. The van der Waals surface area contributed by atoms with E-state index in [1.165, 1.54) is 19.3 Å². The molecule has 1 aliphatic rings. The van der Waals surface area contributed by atoms with Gasteiger partial charge in [-0.3, -0.25) is 9.48 Å². The third kappa shape index (κ3) is 4.34. The molecule has 0 radical (unpaired) electrons. The molecule has 0 unspecified atom stereocenters. The third-order valence-electron chi connectivity index (χ3n) is 4.93. The fourth-order valence-corrected chi connectivity index (χ4v) is 3.57. The lowest BCUT2D eigenvalue weighted by molar-refractivity contribution is -0.139. The summed E-state index contributed by atoms with van der Waals surface area (Å²) >= 11 is 0. The maximum Gasteiger partial charge on any atom is 0.249 e. The summed E-state index contributed by atoms with van der Waals surface area (Å²) in [5.41, 5.74) is 3.17. The number of hydrogen-bond donors (Lipinski definition) is 1. The average molecular weight is 321 g/mol. The van der Waals surface area contributed by atoms with Gasteiger partial charge < -0.3 is 10.1 Å². The first kappa shape index (κ1) is 18.0. The highest BCUT2D eigenvalue weighted by Crippen LogP contribution is 2.24. The molecule has 1 fully saturated rings. The van der Waals surface area contributed by atoms with Crippen LogP contribution in [0.3, 0.4) is 0 Å². The van der Waals surface area contributed by atoms with Gasteiger partial charge in [-0.15, -0.1) is 0 Å². The highest BCUT2D eigenvalue weighted by molar-refractivity contribution is 5.81. The lowest BCUT2D eigenvalue weighted by Gasteiger charge is -2.27. The summed E-state index contributed by atoms with van der Waals surface area (Å²) in [4.78, 5) is 12.6. The Hall–Kier alpha value is -1.36. The van der Waals surface area contributed by atoms with E-state index in [9.17, 15) is 4.79 Å². The van der Waals surface area contributed by atoms with E-state index in [1.54, 1.807) is 0 Å². The minimum atomic E-state index is -0.349. The van der Waals surface area contributed by atoms with Crippen molar-refractivity contribution in [3.05, 3.63) is 17.0 Å². The standard InChI is InChI=1S/C18H31N3O2/c1-6-16(23-15-10-8-7-9-11-15)18(22)19-12(2)17-13(3)20-21(5)14(17)4/h12,15-16H,6-11H2,1-5H3,(H,19,22)/t12-,16-/m1/s1. The van der Waals surface area contributed by atoms with Crippen molar-refractivity contribution >= 4 is 5.91 Å². The van der Waals surface area contributed by atoms with Crippen molar-refractivity contribution in [3.8, 4) is 0 Å². The van der Waals surface area contributed by atoms with Gasteiger partial charge in [-0.1, -0.05) is 26.2 Å². The zero-order valence-corrected chi connectivity index (χ0v) is 15.2. The molecule has 0 aromatic carbocycles. The molecule has 5 heteroatoms. The summed E-state index contributed by atoms with van der Waals surface area (Å²) in [5.74, 6) is -0.00627. The van der Waals surface area contributed by atoms with Gasteiger partial charge in [0.15, 0.2) is 0 Å². The lowest BCUT2D eigenvalue weighted by Crippen LogP contribution is -2.40. The number of nitrogens with one attached hydrogen (secondary N) is 1. The first-order chi connectivity index (χ1) is 10.9. The molecule has 130 valence electrons. The zero-order valence-electron chi connectivity index (χ0n) is 15.2. The normalized spacial score (nSPS) is 18.7. The third-order valence-corrected chi connectivity index (χ3v) is 4.93. The van der Waals surface area contributed by atoms with E-state index in [0.29, 0.717) is 6.42 Å². The lowest BCUT2D eigenvalue weighted by atomic mass is 9.97. The minimum absolute atomic E-state index is 0.00627. The molecule has 23 heavy (non-hydrogen) atoms. The molecule has 0 bridgehead atoms. The van der Waals surface area contributed by atoms with E-state index in [0.717, 1.165) is 29.8 Å². The monoisotopic (exact) mass is 321 g/mol. The van der Waals surface area contributed by atoms with Crippen LogP contribution in [0.15, 0.2) is 0 Å². The second kappa shape index (κ2) is 7.95. The Bertz CT molecular complexity index is 533. The second-order valence-electron chi connectivity index (χ2n) is 6.73. The molecule has 2 atom stereocenters. The van der Waals surface area contributed by atoms with Crippen LogP contribution in [-0.2, 0) is 16.6 Å². The number of amides is 1. The zero-order chi connectivity index (χ0) is 17.0. The van der Waals surface area contributed by atoms with E-state index < -0.39 is 0 Å². The molecule has 0 saturated heterocycles. The molecule has 5 nitrogen and oxygen atoms in total. The number of ether oxygens (including phenoxy) is 1. The van der Waals surface area contributed by atoms with Crippen LogP contribution in [-0.4, -0.2) is 27.9 Å². The molecule has 1 heterocycles. The summed E-state index contributed by atoms with van der Waals surface area (Å²) in [6.45, 7) is 8.05. The number of aromatic nitrogens is 2. The second-order valence-corrected chi connectivity index (χ2v) is 6.73. The van der Waals surface area contributed by atoms with Gasteiger partial charge in [0.1, 0.15) is 6.10 Å². The van der Waals surface area contributed by atoms with Gasteiger partial charge in [-0.25, -0.2) is 0 Å². The van der Waals surface area contributed by atoms with Crippen LogP contribution >= 0.6 is 0 Å². The maximum atomic E-state index is 12.6. The van der Waals surface area contributed by atoms with Crippen molar-refractivity contribution in [2.75, 3.05) is 0 Å². The number of carbonyl (C=O) groups is 1. The highest BCUT2D eigenvalue weighted by atomic mass is 16.5. The Kier molecular flexibility index (Phi) is 6.22. The van der Waals surface area contributed by atoms with Crippen LogP contribution in [0.2, 0.25) is 0 Å². The summed E-state index contributed by atoms with van der Waals surface area (Å²) < 4.78 is 7.94. The first-order valence-corrected chi connectivity index (χ1v) is 8.90. The van der Waals surface area contributed by atoms with Crippen molar-refractivity contribution in [2.45, 2.75) is 84.5 Å². The van der Waals surface area contributed by atoms with Crippen molar-refractivity contribution in [3.63, 3.8) is 0 Å². The largest absolute Gasteiger partial charge is 0.365 e. The molecule has 1 saturated carbocycles.